The first-order chi connectivity index (χ1) is 7.68. The Hall–Kier alpha value is -1.13. The Labute approximate surface area is 104 Å². The van der Waals surface area contributed by atoms with Gasteiger partial charge < -0.3 is 5.32 Å². The van der Waals surface area contributed by atoms with E-state index in [2.05, 4.69) is 33.7 Å². The Morgan fingerprint density at radius 3 is 2.94 bits per heavy atom. The summed E-state index contributed by atoms with van der Waals surface area (Å²) in [5, 5.41) is 5.89. The predicted octanol–water partition coefficient (Wildman–Crippen LogP) is 3.67. The summed E-state index contributed by atoms with van der Waals surface area (Å²) in [7, 11) is 0. The maximum Gasteiger partial charge on any atom is 0.137 e. The van der Waals surface area contributed by atoms with Crippen LogP contribution in [0.2, 0.25) is 5.15 Å². The lowest BCUT2D eigenvalue weighted by molar-refractivity contribution is 0.888. The van der Waals surface area contributed by atoms with Gasteiger partial charge in [-0.25, -0.2) is 9.97 Å². The van der Waals surface area contributed by atoms with Crippen molar-refractivity contribution in [3.63, 3.8) is 0 Å². The second kappa shape index (κ2) is 4.80. The van der Waals surface area contributed by atoms with Gasteiger partial charge in [-0.05, 0) is 25.3 Å². The van der Waals surface area contributed by atoms with Crippen LogP contribution in [0.4, 0.5) is 5.82 Å². The molecule has 2 heterocycles. The van der Waals surface area contributed by atoms with Gasteiger partial charge in [0.15, 0.2) is 0 Å². The lowest BCUT2D eigenvalue weighted by atomic mass is 10.2. The molecule has 84 valence electrons. The molecular formula is C11H12ClN3S. The molecule has 0 fully saturated rings. The van der Waals surface area contributed by atoms with E-state index in [1.165, 1.54) is 11.2 Å². The van der Waals surface area contributed by atoms with Crippen molar-refractivity contribution in [1.82, 2.24) is 9.97 Å². The van der Waals surface area contributed by atoms with Crippen molar-refractivity contribution in [3.05, 3.63) is 39.4 Å². The molecule has 5 heteroatoms. The summed E-state index contributed by atoms with van der Waals surface area (Å²) in [6.07, 6.45) is 1.47. The van der Waals surface area contributed by atoms with Gasteiger partial charge in [0.2, 0.25) is 0 Å². The summed E-state index contributed by atoms with van der Waals surface area (Å²) in [6, 6.07) is 4.36. The Bertz CT molecular complexity index is 470. The van der Waals surface area contributed by atoms with E-state index >= 15 is 0 Å². The zero-order chi connectivity index (χ0) is 11.5. The van der Waals surface area contributed by atoms with Crippen LogP contribution in [0.5, 0.6) is 0 Å². The third-order valence-corrected chi connectivity index (χ3v) is 3.78. The third-order valence-electron chi connectivity index (χ3n) is 2.35. The molecule has 1 atom stereocenters. The van der Waals surface area contributed by atoms with E-state index in [1.807, 2.05) is 13.0 Å². The molecule has 0 spiro atoms. The van der Waals surface area contributed by atoms with E-state index in [-0.39, 0.29) is 6.04 Å². The maximum absolute atomic E-state index is 5.93. The second-order valence-electron chi connectivity index (χ2n) is 3.52. The molecule has 2 aromatic heterocycles. The Morgan fingerprint density at radius 2 is 2.25 bits per heavy atom. The number of aromatic nitrogens is 2. The van der Waals surface area contributed by atoms with Crippen LogP contribution >= 0.6 is 22.9 Å². The summed E-state index contributed by atoms with van der Waals surface area (Å²) in [6.45, 7) is 4.01. The van der Waals surface area contributed by atoms with Gasteiger partial charge in [0.1, 0.15) is 17.3 Å². The molecule has 0 aliphatic carbocycles. The average molecular weight is 254 g/mol. The van der Waals surface area contributed by atoms with Crippen LogP contribution in [0, 0.1) is 6.92 Å². The highest BCUT2D eigenvalue weighted by atomic mass is 35.5. The fourth-order valence-corrected chi connectivity index (χ4v) is 2.26. The van der Waals surface area contributed by atoms with Crippen LogP contribution in [0.1, 0.15) is 23.4 Å². The quantitative estimate of drug-likeness (QED) is 0.848. The Morgan fingerprint density at radius 1 is 1.44 bits per heavy atom. The summed E-state index contributed by atoms with van der Waals surface area (Å²) in [5.74, 6) is 0.793. The van der Waals surface area contributed by atoms with Gasteiger partial charge in [0.05, 0.1) is 6.04 Å². The summed E-state index contributed by atoms with van der Waals surface area (Å²) >= 11 is 7.66. The maximum atomic E-state index is 5.93. The monoisotopic (exact) mass is 253 g/mol. The fourth-order valence-electron chi connectivity index (χ4n) is 1.39. The number of halogens is 1. The third kappa shape index (κ3) is 2.33. The number of hydrogen-bond acceptors (Lipinski definition) is 4. The predicted molar refractivity (Wildman–Crippen MR) is 68.1 cm³/mol. The van der Waals surface area contributed by atoms with Gasteiger partial charge in [0.25, 0.3) is 0 Å². The normalized spacial score (nSPS) is 12.4. The highest BCUT2D eigenvalue weighted by molar-refractivity contribution is 7.10. The molecule has 2 rings (SSSR count). The summed E-state index contributed by atoms with van der Waals surface area (Å²) in [4.78, 5) is 9.39. The minimum absolute atomic E-state index is 0.227. The zero-order valence-corrected chi connectivity index (χ0v) is 10.6. The van der Waals surface area contributed by atoms with Gasteiger partial charge in [-0.2, -0.15) is 0 Å². The first kappa shape index (κ1) is 11.4. The molecule has 0 amide bonds. The lowest BCUT2D eigenvalue weighted by Crippen LogP contribution is -2.08. The molecule has 0 aliphatic heterocycles. The van der Waals surface area contributed by atoms with Crippen LogP contribution in [0.3, 0.4) is 0 Å². The van der Waals surface area contributed by atoms with E-state index in [0.29, 0.717) is 5.15 Å². The van der Waals surface area contributed by atoms with E-state index < -0.39 is 0 Å². The number of hydrogen-bond donors (Lipinski definition) is 1. The zero-order valence-electron chi connectivity index (χ0n) is 9.07. The number of anilines is 1. The molecule has 3 nitrogen and oxygen atoms in total. The molecule has 0 bridgehead atoms. The smallest absolute Gasteiger partial charge is 0.137 e. The van der Waals surface area contributed by atoms with Gasteiger partial charge >= 0.3 is 0 Å². The topological polar surface area (TPSA) is 37.8 Å². The minimum Gasteiger partial charge on any atom is -0.362 e. The SMILES string of the molecule is Cc1c(Cl)ncnc1NC(C)c1cccs1. The Kier molecular flexibility index (Phi) is 3.41. The summed E-state index contributed by atoms with van der Waals surface area (Å²) < 4.78 is 0. The number of nitrogens with zero attached hydrogens (tertiary/aromatic N) is 2. The van der Waals surface area contributed by atoms with Crippen molar-refractivity contribution in [3.8, 4) is 0 Å². The number of rotatable bonds is 3. The molecule has 0 radical (unpaired) electrons. The molecule has 0 aliphatic rings. The number of nitrogens with one attached hydrogen (secondary N) is 1. The fraction of sp³-hybridized carbons (Fsp3) is 0.273. The van der Waals surface area contributed by atoms with Gasteiger partial charge in [0, 0.05) is 10.4 Å². The minimum atomic E-state index is 0.227. The average Bonchev–Trinajstić information content (AvgIpc) is 2.78. The lowest BCUT2D eigenvalue weighted by Gasteiger charge is -2.14. The van der Waals surface area contributed by atoms with Crippen molar-refractivity contribution in [2.75, 3.05) is 5.32 Å². The largest absolute Gasteiger partial charge is 0.362 e. The van der Waals surface area contributed by atoms with Crippen LogP contribution in [-0.2, 0) is 0 Å². The molecule has 0 saturated carbocycles. The van der Waals surface area contributed by atoms with E-state index in [9.17, 15) is 0 Å². The van der Waals surface area contributed by atoms with Crippen molar-refractivity contribution in [2.45, 2.75) is 19.9 Å². The number of thiophene rings is 1. The molecule has 0 saturated heterocycles. The van der Waals surface area contributed by atoms with Crippen molar-refractivity contribution < 1.29 is 0 Å². The van der Waals surface area contributed by atoms with Gasteiger partial charge in [-0.15, -0.1) is 11.3 Å². The van der Waals surface area contributed by atoms with Crippen molar-refractivity contribution in [1.29, 1.82) is 0 Å². The molecule has 1 N–H and O–H groups in total. The Balaban J connectivity index is 2.18. The molecule has 0 aromatic carbocycles. The van der Waals surface area contributed by atoms with Crippen LogP contribution < -0.4 is 5.32 Å². The van der Waals surface area contributed by atoms with E-state index in [4.69, 9.17) is 11.6 Å². The van der Waals surface area contributed by atoms with Gasteiger partial charge in [-0.1, -0.05) is 17.7 Å². The van der Waals surface area contributed by atoms with Crippen LogP contribution in [0.15, 0.2) is 23.8 Å². The van der Waals surface area contributed by atoms with Crippen LogP contribution in [0.25, 0.3) is 0 Å². The highest BCUT2D eigenvalue weighted by Crippen LogP contribution is 2.25. The van der Waals surface area contributed by atoms with Crippen LogP contribution in [-0.4, -0.2) is 9.97 Å². The van der Waals surface area contributed by atoms with E-state index in [1.54, 1.807) is 11.3 Å². The van der Waals surface area contributed by atoms with Crippen molar-refractivity contribution in [2.24, 2.45) is 0 Å². The molecule has 1 unspecified atom stereocenters. The first-order valence-electron chi connectivity index (χ1n) is 4.95. The van der Waals surface area contributed by atoms with Crippen molar-refractivity contribution >= 4 is 28.8 Å². The molecule has 2 aromatic rings. The molecule has 16 heavy (non-hydrogen) atoms. The highest BCUT2D eigenvalue weighted by Gasteiger charge is 2.10. The molecular weight excluding hydrogens is 242 g/mol. The first-order valence-corrected chi connectivity index (χ1v) is 6.21. The van der Waals surface area contributed by atoms with Gasteiger partial charge in [-0.3, -0.25) is 0 Å². The second-order valence-corrected chi connectivity index (χ2v) is 4.86. The summed E-state index contributed by atoms with van der Waals surface area (Å²) in [5.41, 5.74) is 0.882. The van der Waals surface area contributed by atoms with E-state index in [0.717, 1.165) is 11.4 Å². The standard InChI is InChI=1S/C11H12ClN3S/c1-7-10(12)13-6-14-11(7)15-8(2)9-4-3-5-16-9/h3-6,8H,1-2H3,(H,13,14,15).